The van der Waals surface area contributed by atoms with Crippen molar-refractivity contribution in [2.75, 3.05) is 6.54 Å². The molecule has 3 heteroatoms. The number of thiazole rings is 1. The van der Waals surface area contributed by atoms with Gasteiger partial charge in [0.25, 0.3) is 0 Å². The number of nitrogens with zero attached hydrogens (tertiary/aromatic N) is 1. The van der Waals surface area contributed by atoms with Gasteiger partial charge in [-0.3, -0.25) is 0 Å². The quantitative estimate of drug-likeness (QED) is 0.855. The van der Waals surface area contributed by atoms with E-state index in [0.717, 1.165) is 18.0 Å². The van der Waals surface area contributed by atoms with Crippen LogP contribution < -0.4 is 5.32 Å². The van der Waals surface area contributed by atoms with E-state index >= 15 is 0 Å². The van der Waals surface area contributed by atoms with Gasteiger partial charge in [-0.15, -0.1) is 11.3 Å². The van der Waals surface area contributed by atoms with Crippen LogP contribution in [0.25, 0.3) is 10.6 Å². The van der Waals surface area contributed by atoms with Gasteiger partial charge in [0.2, 0.25) is 0 Å². The van der Waals surface area contributed by atoms with Crippen molar-refractivity contribution in [3.8, 4) is 10.6 Å². The molecule has 1 aromatic carbocycles. The molecule has 0 saturated carbocycles. The Morgan fingerprint density at radius 1 is 1.15 bits per heavy atom. The predicted octanol–water partition coefficient (Wildman–Crippen LogP) is 4.80. The number of rotatable bonds is 5. The number of hydrogen-bond acceptors (Lipinski definition) is 3. The van der Waals surface area contributed by atoms with Crippen molar-refractivity contribution in [2.45, 2.75) is 47.1 Å². The van der Waals surface area contributed by atoms with E-state index in [0.29, 0.717) is 6.04 Å². The average Bonchev–Trinajstić information content (AvgIpc) is 2.89. The van der Waals surface area contributed by atoms with Crippen molar-refractivity contribution in [2.24, 2.45) is 0 Å². The van der Waals surface area contributed by atoms with E-state index < -0.39 is 0 Å². The minimum Gasteiger partial charge on any atom is -0.309 e. The highest BCUT2D eigenvalue weighted by atomic mass is 32.1. The molecule has 1 unspecified atom stereocenters. The molecule has 0 spiro atoms. The molecule has 0 fully saturated rings. The Balaban J connectivity index is 2.27. The SMILES string of the molecule is CCCNC(C)c1cnc(-c2cc(C)c(C)cc2C)s1. The first-order chi connectivity index (χ1) is 9.52. The second-order valence-electron chi connectivity index (χ2n) is 5.49. The van der Waals surface area contributed by atoms with Gasteiger partial charge in [-0.25, -0.2) is 4.98 Å². The Morgan fingerprint density at radius 2 is 1.85 bits per heavy atom. The van der Waals surface area contributed by atoms with E-state index in [1.165, 1.54) is 27.1 Å². The topological polar surface area (TPSA) is 24.9 Å². The van der Waals surface area contributed by atoms with E-state index in [-0.39, 0.29) is 0 Å². The van der Waals surface area contributed by atoms with Crippen LogP contribution in [-0.2, 0) is 0 Å². The van der Waals surface area contributed by atoms with Gasteiger partial charge in [-0.05, 0) is 63.4 Å². The van der Waals surface area contributed by atoms with E-state index in [4.69, 9.17) is 0 Å². The molecule has 0 aliphatic heterocycles. The highest BCUT2D eigenvalue weighted by Gasteiger charge is 2.12. The lowest BCUT2D eigenvalue weighted by atomic mass is 10.0. The number of aryl methyl sites for hydroxylation is 3. The van der Waals surface area contributed by atoms with Gasteiger partial charge < -0.3 is 5.32 Å². The zero-order valence-electron chi connectivity index (χ0n) is 13.1. The van der Waals surface area contributed by atoms with Crippen molar-refractivity contribution in [3.05, 3.63) is 39.9 Å². The van der Waals surface area contributed by atoms with Gasteiger partial charge in [0.15, 0.2) is 0 Å². The van der Waals surface area contributed by atoms with E-state index in [2.05, 4.69) is 57.1 Å². The van der Waals surface area contributed by atoms with E-state index in [1.807, 2.05) is 6.20 Å². The van der Waals surface area contributed by atoms with Crippen molar-refractivity contribution in [1.29, 1.82) is 0 Å². The van der Waals surface area contributed by atoms with Gasteiger partial charge in [0.05, 0.1) is 0 Å². The molecule has 2 aromatic rings. The maximum absolute atomic E-state index is 4.63. The summed E-state index contributed by atoms with van der Waals surface area (Å²) in [6.07, 6.45) is 3.17. The lowest BCUT2D eigenvalue weighted by molar-refractivity contribution is 0.577. The highest BCUT2D eigenvalue weighted by Crippen LogP contribution is 2.32. The fraction of sp³-hybridized carbons (Fsp3) is 0.471. The molecule has 0 aliphatic rings. The molecule has 20 heavy (non-hydrogen) atoms. The second kappa shape index (κ2) is 6.51. The third-order valence-electron chi connectivity index (χ3n) is 3.72. The van der Waals surface area contributed by atoms with Crippen LogP contribution in [0.4, 0.5) is 0 Å². The van der Waals surface area contributed by atoms with E-state index in [9.17, 15) is 0 Å². The molecule has 1 N–H and O–H groups in total. The Kier molecular flexibility index (Phi) is 4.95. The number of benzene rings is 1. The molecule has 1 heterocycles. The van der Waals surface area contributed by atoms with Gasteiger partial charge in [0, 0.05) is 22.7 Å². The van der Waals surface area contributed by atoms with Crippen LogP contribution in [0, 0.1) is 20.8 Å². The molecule has 0 aliphatic carbocycles. The summed E-state index contributed by atoms with van der Waals surface area (Å²) < 4.78 is 0. The number of aromatic nitrogens is 1. The third-order valence-corrected chi connectivity index (χ3v) is 4.94. The molecule has 0 radical (unpaired) electrons. The van der Waals surface area contributed by atoms with Gasteiger partial charge in [-0.2, -0.15) is 0 Å². The summed E-state index contributed by atoms with van der Waals surface area (Å²) in [6, 6.07) is 4.90. The standard InChI is InChI=1S/C17H24N2S/c1-6-7-18-14(5)16-10-19-17(20-16)15-9-12(3)11(2)8-13(15)4/h8-10,14,18H,6-7H2,1-5H3. The Hall–Kier alpha value is -1.19. The lowest BCUT2D eigenvalue weighted by Crippen LogP contribution is -2.18. The van der Waals surface area contributed by atoms with E-state index in [1.54, 1.807) is 11.3 Å². The summed E-state index contributed by atoms with van der Waals surface area (Å²) in [6.45, 7) is 11.9. The van der Waals surface area contributed by atoms with Crippen LogP contribution in [0.2, 0.25) is 0 Å². The summed E-state index contributed by atoms with van der Waals surface area (Å²) in [5, 5.41) is 4.65. The summed E-state index contributed by atoms with van der Waals surface area (Å²) in [4.78, 5) is 5.94. The number of hydrogen-bond donors (Lipinski definition) is 1. The largest absolute Gasteiger partial charge is 0.309 e. The third kappa shape index (κ3) is 3.28. The van der Waals surface area contributed by atoms with Gasteiger partial charge in [-0.1, -0.05) is 13.0 Å². The monoisotopic (exact) mass is 288 g/mol. The molecular formula is C17H24N2S. The van der Waals surface area contributed by atoms with Crippen LogP contribution in [0.15, 0.2) is 18.3 Å². The molecule has 1 atom stereocenters. The molecule has 2 rings (SSSR count). The Labute approximate surface area is 126 Å². The maximum Gasteiger partial charge on any atom is 0.123 e. The predicted molar refractivity (Wildman–Crippen MR) is 88.5 cm³/mol. The fourth-order valence-corrected chi connectivity index (χ4v) is 3.29. The van der Waals surface area contributed by atoms with Crippen LogP contribution >= 0.6 is 11.3 Å². The maximum atomic E-state index is 4.63. The first kappa shape index (κ1) is 15.2. The van der Waals surface area contributed by atoms with Crippen molar-refractivity contribution < 1.29 is 0 Å². The van der Waals surface area contributed by atoms with Gasteiger partial charge in [0.1, 0.15) is 5.01 Å². The molecule has 1 aromatic heterocycles. The first-order valence-corrected chi connectivity index (χ1v) is 8.12. The Morgan fingerprint density at radius 3 is 2.55 bits per heavy atom. The molecule has 0 bridgehead atoms. The molecular weight excluding hydrogens is 264 g/mol. The molecule has 2 nitrogen and oxygen atoms in total. The van der Waals surface area contributed by atoms with Crippen LogP contribution in [-0.4, -0.2) is 11.5 Å². The van der Waals surface area contributed by atoms with Crippen molar-refractivity contribution >= 4 is 11.3 Å². The minimum atomic E-state index is 0.382. The molecule has 0 amide bonds. The summed E-state index contributed by atoms with van der Waals surface area (Å²) >= 11 is 1.80. The van der Waals surface area contributed by atoms with Crippen LogP contribution in [0.1, 0.15) is 47.9 Å². The summed E-state index contributed by atoms with van der Waals surface area (Å²) in [5.74, 6) is 0. The normalized spacial score (nSPS) is 12.7. The minimum absolute atomic E-state index is 0.382. The van der Waals surface area contributed by atoms with Crippen molar-refractivity contribution in [1.82, 2.24) is 10.3 Å². The fourth-order valence-electron chi connectivity index (χ4n) is 2.26. The zero-order chi connectivity index (χ0) is 14.7. The molecule has 108 valence electrons. The zero-order valence-corrected chi connectivity index (χ0v) is 13.9. The highest BCUT2D eigenvalue weighted by molar-refractivity contribution is 7.15. The number of nitrogens with one attached hydrogen (secondary N) is 1. The van der Waals surface area contributed by atoms with Crippen LogP contribution in [0.3, 0.4) is 0 Å². The lowest BCUT2D eigenvalue weighted by Gasteiger charge is -2.10. The van der Waals surface area contributed by atoms with Gasteiger partial charge >= 0.3 is 0 Å². The second-order valence-corrected chi connectivity index (χ2v) is 6.56. The summed E-state index contributed by atoms with van der Waals surface area (Å²) in [5.41, 5.74) is 5.26. The van der Waals surface area contributed by atoms with Crippen LogP contribution in [0.5, 0.6) is 0 Å². The molecule has 0 saturated heterocycles. The van der Waals surface area contributed by atoms with Crippen molar-refractivity contribution in [3.63, 3.8) is 0 Å². The average molecular weight is 288 g/mol. The smallest absolute Gasteiger partial charge is 0.123 e. The summed E-state index contributed by atoms with van der Waals surface area (Å²) in [7, 11) is 0. The first-order valence-electron chi connectivity index (χ1n) is 7.30. The Bertz CT molecular complexity index is 587.